The van der Waals surface area contributed by atoms with E-state index in [1.807, 2.05) is 22.6 Å². The minimum absolute atomic E-state index is 0.0503. The molecule has 0 N–H and O–H groups in total. The normalized spacial score (nSPS) is 22.4. The number of methoxy groups -OCH3 is 1. The van der Waals surface area contributed by atoms with Crippen LogP contribution in [-0.2, 0) is 14.3 Å². The molecule has 9 heteroatoms. The molecule has 0 bridgehead atoms. The van der Waals surface area contributed by atoms with Crippen molar-refractivity contribution in [2.24, 2.45) is 0 Å². The summed E-state index contributed by atoms with van der Waals surface area (Å²) in [7, 11) is 1.28. The fraction of sp³-hybridized carbons (Fsp3) is 0.364. The van der Waals surface area contributed by atoms with Gasteiger partial charge in [-0.3, -0.25) is 14.9 Å². The van der Waals surface area contributed by atoms with E-state index in [0.29, 0.717) is 15.0 Å². The van der Waals surface area contributed by atoms with Crippen LogP contribution in [0.3, 0.4) is 0 Å². The number of esters is 1. The van der Waals surface area contributed by atoms with Gasteiger partial charge in [0.1, 0.15) is 6.54 Å². The van der Waals surface area contributed by atoms with Crippen molar-refractivity contribution in [1.82, 2.24) is 0 Å². The van der Waals surface area contributed by atoms with Crippen molar-refractivity contribution in [3.05, 3.63) is 25.8 Å². The summed E-state index contributed by atoms with van der Waals surface area (Å²) >= 11 is 1.96. The topological polar surface area (TPSA) is 94.4 Å². The Hall–Kier alpha value is -1.62. The molecule has 3 rings (SSSR count). The molecule has 0 aliphatic carbocycles. The average Bonchev–Trinajstić information content (AvgIpc) is 3.18. The molecular weight excluding hydrogens is 383 g/mol. The molecule has 2 heterocycles. The molecular formula is C11H9IN2O6. The van der Waals surface area contributed by atoms with E-state index < -0.39 is 23.4 Å². The largest absolute Gasteiger partial charge is 0.468 e. The second-order valence-corrected chi connectivity index (χ2v) is 5.41. The van der Waals surface area contributed by atoms with Crippen LogP contribution >= 0.6 is 22.6 Å². The number of nitrogens with zero attached hydrogens (tertiary/aromatic N) is 2. The third-order valence-corrected chi connectivity index (χ3v) is 3.83. The molecule has 8 nitrogen and oxygen atoms in total. The lowest BCUT2D eigenvalue weighted by Gasteiger charge is -2.27. The van der Waals surface area contributed by atoms with Crippen LogP contribution in [0.2, 0.25) is 0 Å². The molecule has 0 amide bonds. The van der Waals surface area contributed by atoms with Crippen molar-refractivity contribution in [2.75, 3.05) is 18.6 Å². The van der Waals surface area contributed by atoms with Crippen molar-refractivity contribution in [2.45, 2.75) is 12.5 Å². The highest BCUT2D eigenvalue weighted by Crippen LogP contribution is 2.47. The summed E-state index contributed by atoms with van der Waals surface area (Å²) in [5.41, 5.74) is 0.401. The molecule has 106 valence electrons. The van der Waals surface area contributed by atoms with E-state index in [9.17, 15) is 14.9 Å². The number of carbonyl (C=O) groups is 1. The van der Waals surface area contributed by atoms with E-state index in [2.05, 4.69) is 4.74 Å². The third-order valence-electron chi connectivity index (χ3n) is 3.03. The molecule has 0 aromatic heterocycles. The lowest BCUT2D eigenvalue weighted by molar-refractivity contribution is -0.384. The Kier molecular flexibility index (Phi) is 3.17. The van der Waals surface area contributed by atoms with Gasteiger partial charge < -0.3 is 19.1 Å². The quantitative estimate of drug-likeness (QED) is 0.251. The molecule has 1 saturated heterocycles. The van der Waals surface area contributed by atoms with Gasteiger partial charge in [0.05, 0.1) is 21.3 Å². The van der Waals surface area contributed by atoms with Crippen molar-refractivity contribution in [3.8, 4) is 5.75 Å². The van der Waals surface area contributed by atoms with E-state index in [1.54, 1.807) is 4.90 Å². The SMILES string of the molecule is COC(=O)CN1c2cc([N+](=O)[O-])cc(I)c2OC2OC21. The van der Waals surface area contributed by atoms with Gasteiger partial charge in [-0.15, -0.1) is 0 Å². The second-order valence-electron chi connectivity index (χ2n) is 4.25. The monoisotopic (exact) mass is 392 g/mol. The first-order valence-electron chi connectivity index (χ1n) is 5.65. The van der Waals surface area contributed by atoms with Gasteiger partial charge in [-0.2, -0.15) is 0 Å². The Labute approximate surface area is 126 Å². The first-order valence-corrected chi connectivity index (χ1v) is 6.72. The molecule has 0 radical (unpaired) electrons. The Bertz CT molecular complexity index is 607. The Morgan fingerprint density at radius 2 is 2.35 bits per heavy atom. The summed E-state index contributed by atoms with van der Waals surface area (Å²) in [5.74, 6) is 0.0347. The van der Waals surface area contributed by atoms with Crippen LogP contribution in [0.25, 0.3) is 0 Å². The van der Waals surface area contributed by atoms with Crippen LogP contribution < -0.4 is 9.64 Å². The van der Waals surface area contributed by atoms with E-state index in [0.717, 1.165) is 0 Å². The van der Waals surface area contributed by atoms with Crippen LogP contribution in [0.4, 0.5) is 11.4 Å². The smallest absolute Gasteiger partial charge is 0.325 e. The van der Waals surface area contributed by atoms with Crippen LogP contribution in [-0.4, -0.2) is 37.1 Å². The molecule has 20 heavy (non-hydrogen) atoms. The average molecular weight is 392 g/mol. The number of hydrogen-bond donors (Lipinski definition) is 0. The zero-order valence-corrected chi connectivity index (χ0v) is 12.4. The molecule has 1 aromatic carbocycles. The molecule has 0 spiro atoms. The fourth-order valence-electron chi connectivity index (χ4n) is 2.03. The molecule has 2 aliphatic heterocycles. The van der Waals surface area contributed by atoms with Gasteiger partial charge in [0.25, 0.3) is 5.69 Å². The summed E-state index contributed by atoms with van der Waals surface area (Å²) in [6.07, 6.45) is -0.846. The minimum Gasteiger partial charge on any atom is -0.468 e. The Balaban J connectivity index is 2.03. The molecule has 1 aromatic rings. The zero-order chi connectivity index (χ0) is 14.4. The summed E-state index contributed by atoms with van der Waals surface area (Å²) < 4.78 is 16.1. The number of nitro groups is 1. The Morgan fingerprint density at radius 3 is 3.00 bits per heavy atom. The van der Waals surface area contributed by atoms with Gasteiger partial charge in [0, 0.05) is 12.1 Å². The maximum absolute atomic E-state index is 11.5. The Morgan fingerprint density at radius 1 is 1.60 bits per heavy atom. The number of non-ortho nitro benzene ring substituents is 1. The molecule has 0 saturated carbocycles. The number of epoxide rings is 1. The number of halogens is 1. The number of anilines is 1. The van der Waals surface area contributed by atoms with Crippen molar-refractivity contribution < 1.29 is 23.9 Å². The van der Waals surface area contributed by atoms with Crippen molar-refractivity contribution >= 4 is 39.9 Å². The predicted octanol–water partition coefficient (Wildman–Crippen LogP) is 1.25. The predicted molar refractivity (Wildman–Crippen MR) is 74.5 cm³/mol. The highest BCUT2D eigenvalue weighted by atomic mass is 127. The highest BCUT2D eigenvalue weighted by molar-refractivity contribution is 14.1. The lowest BCUT2D eigenvalue weighted by Crippen LogP contribution is -2.38. The van der Waals surface area contributed by atoms with Gasteiger partial charge >= 0.3 is 5.97 Å². The molecule has 1 fully saturated rings. The van der Waals surface area contributed by atoms with Crippen LogP contribution in [0.15, 0.2) is 12.1 Å². The number of benzene rings is 1. The summed E-state index contributed by atoms with van der Waals surface area (Å²) in [6.45, 7) is -0.0503. The first-order chi connectivity index (χ1) is 9.51. The van der Waals surface area contributed by atoms with Crippen LogP contribution in [0.5, 0.6) is 5.75 Å². The van der Waals surface area contributed by atoms with Gasteiger partial charge in [-0.1, -0.05) is 0 Å². The minimum atomic E-state index is -0.487. The standard InChI is InChI=1S/C11H9IN2O6/c1-18-8(15)4-13-7-3-5(14(16)17)2-6(12)9(7)19-11-10(13)20-11/h2-3,10-11H,4H2,1H3. The maximum Gasteiger partial charge on any atom is 0.325 e. The maximum atomic E-state index is 11.5. The first kappa shape index (κ1) is 13.4. The van der Waals surface area contributed by atoms with Crippen molar-refractivity contribution in [1.29, 1.82) is 0 Å². The number of carbonyl (C=O) groups excluding carboxylic acids is 1. The summed E-state index contributed by atoms with van der Waals surface area (Å²) in [4.78, 5) is 23.5. The zero-order valence-electron chi connectivity index (χ0n) is 10.2. The van der Waals surface area contributed by atoms with Gasteiger partial charge in [0.15, 0.2) is 12.0 Å². The number of ether oxygens (including phenoxy) is 3. The van der Waals surface area contributed by atoms with Gasteiger partial charge in [-0.25, -0.2) is 0 Å². The van der Waals surface area contributed by atoms with E-state index in [1.165, 1.54) is 19.2 Å². The fourth-order valence-corrected chi connectivity index (χ4v) is 2.75. The third kappa shape index (κ3) is 2.16. The molecule has 2 atom stereocenters. The number of nitro benzene ring substituents is 1. The number of rotatable bonds is 3. The van der Waals surface area contributed by atoms with Gasteiger partial charge in [0.2, 0.25) is 6.29 Å². The molecule has 2 unspecified atom stereocenters. The molecule has 2 aliphatic rings. The van der Waals surface area contributed by atoms with Gasteiger partial charge in [-0.05, 0) is 22.6 Å². The van der Waals surface area contributed by atoms with Crippen molar-refractivity contribution in [3.63, 3.8) is 0 Å². The number of hydrogen-bond acceptors (Lipinski definition) is 7. The van der Waals surface area contributed by atoms with E-state index >= 15 is 0 Å². The second kappa shape index (κ2) is 4.74. The van der Waals surface area contributed by atoms with E-state index in [-0.39, 0.29) is 12.2 Å². The number of fused-ring (bicyclic) bond motifs is 2. The van der Waals surface area contributed by atoms with E-state index in [4.69, 9.17) is 9.47 Å². The highest BCUT2D eigenvalue weighted by Gasteiger charge is 2.52. The summed E-state index contributed by atoms with van der Waals surface area (Å²) in [6, 6.07) is 2.79. The van der Waals surface area contributed by atoms with Crippen LogP contribution in [0.1, 0.15) is 0 Å². The summed E-state index contributed by atoms with van der Waals surface area (Å²) in [5, 5.41) is 10.9. The van der Waals surface area contributed by atoms with Crippen LogP contribution in [0, 0.1) is 13.7 Å². The lowest BCUT2D eigenvalue weighted by atomic mass is 10.2.